The maximum absolute atomic E-state index is 3.43. The molecule has 1 atom stereocenters. The summed E-state index contributed by atoms with van der Waals surface area (Å²) < 4.78 is 0. The standard InChI is InChI=1S/C19H26N2/c1-16-9-11-18(12-10-16)19(20-2)13-14-21(3)15-17-7-5-4-6-8-17/h4-12,19-20H,13-15H2,1-3H3. The maximum Gasteiger partial charge on any atom is 0.0329 e. The van der Waals surface area contributed by atoms with Crippen LogP contribution in [0.1, 0.15) is 29.2 Å². The molecule has 0 amide bonds. The summed E-state index contributed by atoms with van der Waals surface area (Å²) in [5, 5.41) is 3.43. The molecule has 21 heavy (non-hydrogen) atoms. The second-order valence-electron chi connectivity index (χ2n) is 5.76. The van der Waals surface area contributed by atoms with Crippen molar-refractivity contribution >= 4 is 0 Å². The van der Waals surface area contributed by atoms with E-state index < -0.39 is 0 Å². The first-order chi connectivity index (χ1) is 10.2. The lowest BCUT2D eigenvalue weighted by Gasteiger charge is -2.22. The minimum absolute atomic E-state index is 0.420. The SMILES string of the molecule is CNC(CCN(C)Cc1ccccc1)c1ccc(C)cc1. The van der Waals surface area contributed by atoms with Gasteiger partial charge in [-0.25, -0.2) is 0 Å². The van der Waals surface area contributed by atoms with Gasteiger partial charge in [0.15, 0.2) is 0 Å². The molecule has 2 nitrogen and oxygen atoms in total. The number of nitrogens with zero attached hydrogens (tertiary/aromatic N) is 1. The molecule has 2 heteroatoms. The predicted octanol–water partition coefficient (Wildman–Crippen LogP) is 3.78. The normalized spacial score (nSPS) is 12.6. The number of benzene rings is 2. The molecule has 0 radical (unpaired) electrons. The molecule has 0 aliphatic rings. The molecule has 0 aromatic heterocycles. The Bertz CT molecular complexity index is 519. The van der Waals surface area contributed by atoms with Crippen molar-refractivity contribution in [2.75, 3.05) is 20.6 Å². The van der Waals surface area contributed by atoms with Gasteiger partial charge in [-0.15, -0.1) is 0 Å². The minimum atomic E-state index is 0.420. The van der Waals surface area contributed by atoms with Gasteiger partial charge in [-0.2, -0.15) is 0 Å². The number of rotatable bonds is 7. The number of hydrogen-bond donors (Lipinski definition) is 1. The average molecular weight is 282 g/mol. The Morgan fingerprint density at radius 2 is 1.67 bits per heavy atom. The fourth-order valence-corrected chi connectivity index (χ4v) is 2.60. The Morgan fingerprint density at radius 3 is 2.29 bits per heavy atom. The summed E-state index contributed by atoms with van der Waals surface area (Å²) in [6.07, 6.45) is 1.11. The van der Waals surface area contributed by atoms with E-state index >= 15 is 0 Å². The third-order valence-corrected chi connectivity index (χ3v) is 3.92. The summed E-state index contributed by atoms with van der Waals surface area (Å²) >= 11 is 0. The van der Waals surface area contributed by atoms with Crippen LogP contribution in [0.2, 0.25) is 0 Å². The van der Waals surface area contributed by atoms with Crippen molar-refractivity contribution in [1.82, 2.24) is 10.2 Å². The first kappa shape index (κ1) is 15.7. The Kier molecular flexibility index (Phi) is 5.97. The monoisotopic (exact) mass is 282 g/mol. The van der Waals surface area contributed by atoms with Gasteiger partial charge in [-0.3, -0.25) is 0 Å². The van der Waals surface area contributed by atoms with E-state index in [0.717, 1.165) is 19.5 Å². The smallest absolute Gasteiger partial charge is 0.0329 e. The highest BCUT2D eigenvalue weighted by atomic mass is 15.1. The molecular formula is C19H26N2. The van der Waals surface area contributed by atoms with E-state index in [0.29, 0.717) is 6.04 Å². The largest absolute Gasteiger partial charge is 0.313 e. The Hall–Kier alpha value is -1.64. The molecule has 0 aliphatic heterocycles. The van der Waals surface area contributed by atoms with E-state index in [9.17, 15) is 0 Å². The van der Waals surface area contributed by atoms with E-state index in [-0.39, 0.29) is 0 Å². The lowest BCUT2D eigenvalue weighted by molar-refractivity contribution is 0.304. The average Bonchev–Trinajstić information content (AvgIpc) is 2.50. The molecule has 0 saturated carbocycles. The Labute approximate surface area is 128 Å². The summed E-state index contributed by atoms with van der Waals surface area (Å²) in [5.74, 6) is 0. The number of aryl methyl sites for hydroxylation is 1. The van der Waals surface area contributed by atoms with Gasteiger partial charge < -0.3 is 10.2 Å². The second-order valence-corrected chi connectivity index (χ2v) is 5.76. The molecule has 0 aliphatic carbocycles. The van der Waals surface area contributed by atoms with Crippen LogP contribution in [0, 0.1) is 6.92 Å². The van der Waals surface area contributed by atoms with Crippen LogP contribution >= 0.6 is 0 Å². The second kappa shape index (κ2) is 7.96. The van der Waals surface area contributed by atoms with E-state index in [1.54, 1.807) is 0 Å². The van der Waals surface area contributed by atoms with Crippen molar-refractivity contribution in [1.29, 1.82) is 0 Å². The van der Waals surface area contributed by atoms with E-state index in [2.05, 4.69) is 78.8 Å². The molecule has 1 unspecified atom stereocenters. The van der Waals surface area contributed by atoms with Crippen molar-refractivity contribution in [2.45, 2.75) is 25.9 Å². The van der Waals surface area contributed by atoms with Gasteiger partial charge in [0.2, 0.25) is 0 Å². The fourth-order valence-electron chi connectivity index (χ4n) is 2.60. The molecule has 1 N–H and O–H groups in total. The van der Waals surface area contributed by atoms with Crippen LogP contribution in [0.15, 0.2) is 54.6 Å². The molecule has 0 bridgehead atoms. The van der Waals surface area contributed by atoms with Gasteiger partial charge in [0.25, 0.3) is 0 Å². The van der Waals surface area contributed by atoms with Gasteiger partial charge in [0.05, 0.1) is 0 Å². The Morgan fingerprint density at radius 1 is 1.00 bits per heavy atom. The summed E-state index contributed by atoms with van der Waals surface area (Å²) in [5.41, 5.74) is 4.06. The van der Waals surface area contributed by atoms with Gasteiger partial charge in [-0.1, -0.05) is 60.2 Å². The van der Waals surface area contributed by atoms with Crippen LogP contribution in [-0.2, 0) is 6.54 Å². The third-order valence-electron chi connectivity index (χ3n) is 3.92. The summed E-state index contributed by atoms with van der Waals surface area (Å²) in [4.78, 5) is 2.38. The highest BCUT2D eigenvalue weighted by Gasteiger charge is 2.10. The van der Waals surface area contributed by atoms with E-state index in [4.69, 9.17) is 0 Å². The molecule has 0 spiro atoms. The van der Waals surface area contributed by atoms with Crippen molar-refractivity contribution in [3.63, 3.8) is 0 Å². The predicted molar refractivity (Wildman–Crippen MR) is 90.4 cm³/mol. The third kappa shape index (κ3) is 5.00. The molecular weight excluding hydrogens is 256 g/mol. The zero-order valence-corrected chi connectivity index (χ0v) is 13.3. The van der Waals surface area contributed by atoms with Gasteiger partial charge in [0, 0.05) is 12.6 Å². The quantitative estimate of drug-likeness (QED) is 0.831. The topological polar surface area (TPSA) is 15.3 Å². The first-order valence-electron chi connectivity index (χ1n) is 7.65. The molecule has 2 rings (SSSR count). The van der Waals surface area contributed by atoms with Gasteiger partial charge in [0.1, 0.15) is 0 Å². The van der Waals surface area contributed by atoms with Crippen molar-refractivity contribution in [2.24, 2.45) is 0 Å². The maximum atomic E-state index is 3.43. The molecule has 2 aromatic rings. The summed E-state index contributed by atoms with van der Waals surface area (Å²) in [6, 6.07) is 19.9. The molecule has 0 heterocycles. The van der Waals surface area contributed by atoms with Crippen LogP contribution in [0.5, 0.6) is 0 Å². The lowest BCUT2D eigenvalue weighted by Crippen LogP contribution is -2.25. The first-order valence-corrected chi connectivity index (χ1v) is 7.65. The minimum Gasteiger partial charge on any atom is -0.313 e. The van der Waals surface area contributed by atoms with Crippen LogP contribution in [0.3, 0.4) is 0 Å². The molecule has 2 aromatic carbocycles. The Balaban J connectivity index is 1.86. The van der Waals surface area contributed by atoms with E-state index in [1.807, 2.05) is 7.05 Å². The zero-order valence-electron chi connectivity index (χ0n) is 13.3. The summed E-state index contributed by atoms with van der Waals surface area (Å²) in [6.45, 7) is 4.21. The van der Waals surface area contributed by atoms with Gasteiger partial charge in [-0.05, 0) is 45.1 Å². The van der Waals surface area contributed by atoms with Crippen LogP contribution in [0.25, 0.3) is 0 Å². The highest BCUT2D eigenvalue weighted by Crippen LogP contribution is 2.17. The van der Waals surface area contributed by atoms with Crippen molar-refractivity contribution in [3.8, 4) is 0 Å². The summed E-state index contributed by atoms with van der Waals surface area (Å²) in [7, 11) is 4.23. The number of nitrogens with one attached hydrogen (secondary N) is 1. The fraction of sp³-hybridized carbons (Fsp3) is 0.368. The van der Waals surface area contributed by atoms with Crippen molar-refractivity contribution in [3.05, 3.63) is 71.3 Å². The van der Waals surface area contributed by atoms with Crippen LogP contribution in [-0.4, -0.2) is 25.5 Å². The highest BCUT2D eigenvalue weighted by molar-refractivity contribution is 5.24. The lowest BCUT2D eigenvalue weighted by atomic mass is 10.0. The van der Waals surface area contributed by atoms with Crippen LogP contribution < -0.4 is 5.32 Å². The van der Waals surface area contributed by atoms with Gasteiger partial charge >= 0.3 is 0 Å². The molecule has 0 saturated heterocycles. The number of hydrogen-bond acceptors (Lipinski definition) is 2. The zero-order chi connectivity index (χ0) is 15.1. The molecule has 112 valence electrons. The van der Waals surface area contributed by atoms with Crippen LogP contribution in [0.4, 0.5) is 0 Å². The van der Waals surface area contributed by atoms with Crippen molar-refractivity contribution < 1.29 is 0 Å². The van der Waals surface area contributed by atoms with E-state index in [1.165, 1.54) is 16.7 Å². The molecule has 0 fully saturated rings.